The maximum absolute atomic E-state index is 13.2. The molecule has 0 saturated heterocycles. The Balaban J connectivity index is 1.48. The summed E-state index contributed by atoms with van der Waals surface area (Å²) >= 11 is 10.5. The van der Waals surface area contributed by atoms with E-state index in [1.165, 1.54) is 12.8 Å². The Morgan fingerprint density at radius 2 is 1.86 bits per heavy atom. The van der Waals surface area contributed by atoms with Crippen LogP contribution in [0.2, 0.25) is 5.02 Å². The third kappa shape index (κ3) is 5.68. The number of carbonyl (C=O) groups excluding carboxylic acids is 1. The predicted octanol–water partition coefficient (Wildman–Crippen LogP) is 7.11. The topological polar surface area (TPSA) is 76.1 Å². The van der Waals surface area contributed by atoms with Gasteiger partial charge in [-0.3, -0.25) is 9.36 Å². The van der Waals surface area contributed by atoms with Crippen LogP contribution in [-0.4, -0.2) is 43.8 Å². The summed E-state index contributed by atoms with van der Waals surface area (Å²) in [7, 11) is 7.29. The molecule has 8 bridgehead atoms. The van der Waals surface area contributed by atoms with E-state index in [0.29, 0.717) is 29.5 Å². The average Bonchev–Trinajstić information content (AvgIpc) is 3.59. The molecule has 6 rings (SSSR count). The van der Waals surface area contributed by atoms with Crippen molar-refractivity contribution >= 4 is 52.0 Å². The molecule has 0 amide bonds. The largest absolute Gasteiger partial charge is 0.494 e. The van der Waals surface area contributed by atoms with Crippen molar-refractivity contribution in [3.63, 3.8) is 0 Å². The number of hydrogen-bond acceptors (Lipinski definition) is 7. The average molecular weight is 636 g/mol. The number of nitrogens with zero attached hydrogens (tertiary/aromatic N) is 5. The second kappa shape index (κ2) is 12.3. The monoisotopic (exact) mass is 635 g/mol. The second-order valence-electron chi connectivity index (χ2n) is 10.7. The molecule has 224 valence electrons. The van der Waals surface area contributed by atoms with Gasteiger partial charge in [-0.05, 0) is 55.7 Å². The molecule has 0 atom stereocenters. The molecule has 2 aromatic carbocycles. The molecule has 1 aliphatic heterocycles. The van der Waals surface area contributed by atoms with Gasteiger partial charge in [-0.15, -0.1) is 23.5 Å². The van der Waals surface area contributed by atoms with E-state index in [4.69, 9.17) is 31.3 Å². The summed E-state index contributed by atoms with van der Waals surface area (Å²) in [5.74, 6) is 2.73. The minimum Gasteiger partial charge on any atom is -0.494 e. The van der Waals surface area contributed by atoms with Crippen molar-refractivity contribution in [2.24, 2.45) is 21.1 Å². The molecule has 3 aromatic heterocycles. The molecule has 0 unspecified atom stereocenters. The van der Waals surface area contributed by atoms with E-state index < -0.39 is 0 Å². The maximum Gasteiger partial charge on any atom is 0.354 e. The Labute approximate surface area is 264 Å². The number of esters is 1. The fraction of sp³-hybridized carbons (Fsp3) is 0.344. The highest BCUT2D eigenvalue weighted by Crippen LogP contribution is 2.42. The molecule has 11 heteroatoms. The van der Waals surface area contributed by atoms with Gasteiger partial charge in [0, 0.05) is 71.2 Å². The first-order chi connectivity index (χ1) is 20.8. The highest BCUT2D eigenvalue weighted by Gasteiger charge is 2.27. The minimum atomic E-state index is -0.371. The van der Waals surface area contributed by atoms with Crippen molar-refractivity contribution in [2.45, 2.75) is 41.9 Å². The number of carbonyl (C=O) groups is 1. The number of methoxy groups -OCH3 is 1. The van der Waals surface area contributed by atoms with Gasteiger partial charge >= 0.3 is 5.97 Å². The highest BCUT2D eigenvalue weighted by molar-refractivity contribution is 7.98. The molecule has 0 fully saturated rings. The zero-order chi connectivity index (χ0) is 30.2. The number of fused-ring (bicyclic) bond motifs is 6. The Kier molecular flexibility index (Phi) is 8.53. The molecule has 0 radical (unpaired) electrons. The summed E-state index contributed by atoms with van der Waals surface area (Å²) in [6, 6.07) is 14.3. The lowest BCUT2D eigenvalue weighted by Gasteiger charge is -2.11. The van der Waals surface area contributed by atoms with Gasteiger partial charge in [0.2, 0.25) is 0 Å². The molecule has 5 aromatic rings. The summed E-state index contributed by atoms with van der Waals surface area (Å²) in [6.07, 6.45) is 1.37. The van der Waals surface area contributed by atoms with Gasteiger partial charge in [0.1, 0.15) is 11.4 Å². The van der Waals surface area contributed by atoms with Crippen molar-refractivity contribution in [2.75, 3.05) is 13.7 Å². The lowest BCUT2D eigenvalue weighted by molar-refractivity contribution is 0.0589. The molecule has 8 nitrogen and oxygen atoms in total. The standard InChI is InChI=1S/C32H34ClN5O3S2/c1-19-28-27(35-37(19)3)18-42-16-20-14-21(38(4)34-20)17-43-23-9-6-8-22(15-23)41-13-7-10-24-25-11-12-26(33)29(28)30(25)36(2)31(24)32(39)40-5/h6,8-9,11-12,14-15H,7,10,13,16-18H2,1-5H3. The van der Waals surface area contributed by atoms with Gasteiger partial charge in [0.15, 0.2) is 0 Å². The van der Waals surface area contributed by atoms with Gasteiger partial charge in [-0.1, -0.05) is 23.7 Å². The third-order valence-corrected chi connectivity index (χ3v) is 10.3. The number of halogens is 1. The Bertz CT molecular complexity index is 1840. The van der Waals surface area contributed by atoms with Crippen LogP contribution in [0.3, 0.4) is 0 Å². The SMILES string of the molecule is COC(=O)c1c2c3ccc(Cl)c(c3n1C)-c1c(nn(C)c1C)CSCc1cc(n(C)n1)CSc1cccc(c1)OCCC2. The van der Waals surface area contributed by atoms with E-state index in [1.807, 2.05) is 59.3 Å². The van der Waals surface area contributed by atoms with Gasteiger partial charge in [-0.2, -0.15) is 10.2 Å². The van der Waals surface area contributed by atoms with E-state index in [-0.39, 0.29) is 5.97 Å². The molecule has 43 heavy (non-hydrogen) atoms. The number of hydrogen-bond donors (Lipinski definition) is 0. The molecule has 1 aliphatic rings. The fourth-order valence-electron chi connectivity index (χ4n) is 5.83. The zero-order valence-corrected chi connectivity index (χ0v) is 27.3. The number of ether oxygens (including phenoxy) is 2. The van der Waals surface area contributed by atoms with Crippen molar-refractivity contribution in [1.82, 2.24) is 24.1 Å². The van der Waals surface area contributed by atoms with E-state index in [9.17, 15) is 4.79 Å². The summed E-state index contributed by atoms with van der Waals surface area (Å²) in [5.41, 5.74) is 8.42. The number of aryl methyl sites for hydroxylation is 4. The van der Waals surface area contributed by atoms with Crippen molar-refractivity contribution in [3.05, 3.63) is 81.5 Å². The van der Waals surface area contributed by atoms with E-state index in [2.05, 4.69) is 25.1 Å². The molecule has 0 saturated carbocycles. The minimum absolute atomic E-state index is 0.371. The Morgan fingerprint density at radius 1 is 1.02 bits per heavy atom. The Hall–Kier alpha value is -3.34. The number of rotatable bonds is 1. The predicted molar refractivity (Wildman–Crippen MR) is 174 cm³/mol. The smallest absolute Gasteiger partial charge is 0.354 e. The normalized spacial score (nSPS) is 14.3. The summed E-state index contributed by atoms with van der Waals surface area (Å²) in [5, 5.41) is 11.3. The van der Waals surface area contributed by atoms with Crippen LogP contribution < -0.4 is 4.74 Å². The van der Waals surface area contributed by atoms with Gasteiger partial charge in [-0.25, -0.2) is 4.79 Å². The molecular weight excluding hydrogens is 602 g/mol. The van der Waals surface area contributed by atoms with Crippen molar-refractivity contribution < 1.29 is 14.3 Å². The second-order valence-corrected chi connectivity index (χ2v) is 13.1. The Morgan fingerprint density at radius 3 is 2.67 bits per heavy atom. The van der Waals surface area contributed by atoms with Crippen LogP contribution in [-0.2, 0) is 49.6 Å². The van der Waals surface area contributed by atoms with Crippen LogP contribution in [0.4, 0.5) is 0 Å². The highest BCUT2D eigenvalue weighted by atomic mass is 35.5. The molecule has 0 N–H and O–H groups in total. The number of thioether (sulfide) groups is 2. The van der Waals surface area contributed by atoms with Crippen LogP contribution in [0.25, 0.3) is 22.0 Å². The first-order valence-electron chi connectivity index (χ1n) is 14.1. The third-order valence-electron chi connectivity index (χ3n) is 7.99. The van der Waals surface area contributed by atoms with E-state index >= 15 is 0 Å². The van der Waals surface area contributed by atoms with Gasteiger partial charge < -0.3 is 14.0 Å². The van der Waals surface area contributed by atoms with Crippen LogP contribution in [0.5, 0.6) is 5.75 Å². The van der Waals surface area contributed by atoms with Gasteiger partial charge in [0.05, 0.1) is 35.6 Å². The summed E-state index contributed by atoms with van der Waals surface area (Å²) in [6.45, 7) is 2.58. The first kappa shape index (κ1) is 29.7. The van der Waals surface area contributed by atoms with Crippen molar-refractivity contribution in [1.29, 1.82) is 0 Å². The van der Waals surface area contributed by atoms with Crippen LogP contribution in [0.15, 0.2) is 47.4 Å². The van der Waals surface area contributed by atoms with Crippen LogP contribution >= 0.6 is 35.1 Å². The maximum atomic E-state index is 13.2. The lowest BCUT2D eigenvalue weighted by Crippen LogP contribution is -2.11. The lowest BCUT2D eigenvalue weighted by atomic mass is 9.98. The first-order valence-corrected chi connectivity index (χ1v) is 16.6. The van der Waals surface area contributed by atoms with Crippen molar-refractivity contribution in [3.8, 4) is 16.9 Å². The summed E-state index contributed by atoms with van der Waals surface area (Å²) in [4.78, 5) is 14.3. The summed E-state index contributed by atoms with van der Waals surface area (Å²) < 4.78 is 17.3. The zero-order valence-electron chi connectivity index (χ0n) is 24.9. The van der Waals surface area contributed by atoms with Crippen LogP contribution in [0, 0.1) is 6.92 Å². The van der Waals surface area contributed by atoms with Crippen LogP contribution in [0.1, 0.15) is 45.2 Å². The molecular formula is C32H34ClN5O3S2. The quantitative estimate of drug-likeness (QED) is 0.182. The van der Waals surface area contributed by atoms with E-state index in [0.717, 1.165) is 73.2 Å². The molecule has 0 aliphatic carbocycles. The number of aromatic nitrogens is 5. The molecule has 0 spiro atoms. The van der Waals surface area contributed by atoms with Gasteiger partial charge in [0.25, 0.3) is 0 Å². The van der Waals surface area contributed by atoms with E-state index in [1.54, 1.807) is 23.5 Å². The fourth-order valence-corrected chi connectivity index (χ4v) is 7.88. The molecule has 4 heterocycles. The number of benzene rings is 2.